The zero-order chi connectivity index (χ0) is 9.10. The lowest BCUT2D eigenvalue weighted by atomic mass is 10.1. The highest BCUT2D eigenvalue weighted by atomic mass is 14.9. The minimum atomic E-state index is 0.661. The van der Waals surface area contributed by atoms with Crippen LogP contribution in [0.1, 0.15) is 24.1 Å². The van der Waals surface area contributed by atoms with Crippen molar-refractivity contribution in [3.63, 3.8) is 0 Å². The largest absolute Gasteiger partial charge is 0.314 e. The summed E-state index contributed by atoms with van der Waals surface area (Å²) in [5, 5.41) is 3.48. The first kappa shape index (κ1) is 8.70. The summed E-state index contributed by atoms with van der Waals surface area (Å²) in [5.41, 5.74) is 2.53. The van der Waals surface area contributed by atoms with Crippen LogP contribution in [0.2, 0.25) is 0 Å². The monoisotopic (exact) mass is 176 g/mol. The molecule has 0 unspecified atom stereocenters. The maximum Gasteiger partial charge on any atom is 0.0421 e. The average Bonchev–Trinajstić information content (AvgIpc) is 2.57. The molecule has 0 aromatic carbocycles. The summed E-state index contributed by atoms with van der Waals surface area (Å²) >= 11 is 0. The smallest absolute Gasteiger partial charge is 0.0421 e. The normalized spacial score (nSPS) is 22.1. The van der Waals surface area contributed by atoms with Crippen molar-refractivity contribution in [3.8, 4) is 0 Å². The van der Waals surface area contributed by atoms with Crippen LogP contribution in [0.5, 0.6) is 0 Å². The van der Waals surface area contributed by atoms with Gasteiger partial charge in [0.15, 0.2) is 0 Å². The van der Waals surface area contributed by atoms with Crippen molar-refractivity contribution in [2.24, 2.45) is 0 Å². The molecule has 0 spiro atoms. The molecule has 0 aliphatic carbocycles. The highest BCUT2D eigenvalue weighted by molar-refractivity contribution is 5.15. The van der Waals surface area contributed by atoms with Gasteiger partial charge < -0.3 is 5.32 Å². The molecule has 2 rings (SSSR count). The molecule has 1 aliphatic rings. The van der Waals surface area contributed by atoms with Crippen LogP contribution < -0.4 is 5.32 Å². The number of nitrogens with zero attached hydrogens (tertiary/aromatic N) is 1. The highest BCUT2D eigenvalue weighted by Crippen LogP contribution is 2.11. The molecule has 0 amide bonds. The van der Waals surface area contributed by atoms with Crippen molar-refractivity contribution < 1.29 is 0 Å². The second-order valence-corrected chi connectivity index (χ2v) is 3.82. The Labute approximate surface area is 79.4 Å². The molecule has 2 heteroatoms. The number of aryl methyl sites for hydroxylation is 1. The molecule has 1 aromatic rings. The van der Waals surface area contributed by atoms with Gasteiger partial charge in [0.05, 0.1) is 0 Å². The third kappa shape index (κ3) is 2.28. The molecule has 1 aromatic heterocycles. The van der Waals surface area contributed by atoms with Gasteiger partial charge in [0, 0.05) is 24.4 Å². The van der Waals surface area contributed by atoms with Crippen LogP contribution in [0.25, 0.3) is 0 Å². The Hall–Kier alpha value is -0.890. The molecular formula is C11H16N2. The molecule has 0 radical (unpaired) electrons. The van der Waals surface area contributed by atoms with Crippen molar-refractivity contribution in [1.82, 2.24) is 10.3 Å². The SMILES string of the molecule is Cc1ccnc(C[C@@H]2CCCN2)c1. The van der Waals surface area contributed by atoms with Gasteiger partial charge in [-0.15, -0.1) is 0 Å². The van der Waals surface area contributed by atoms with Crippen LogP contribution in [0.15, 0.2) is 18.3 Å². The number of nitrogens with one attached hydrogen (secondary N) is 1. The molecule has 1 aliphatic heterocycles. The van der Waals surface area contributed by atoms with E-state index in [9.17, 15) is 0 Å². The maximum atomic E-state index is 4.36. The van der Waals surface area contributed by atoms with E-state index in [0.717, 1.165) is 6.42 Å². The summed E-state index contributed by atoms with van der Waals surface area (Å²) in [6.45, 7) is 3.30. The lowest BCUT2D eigenvalue weighted by molar-refractivity contribution is 0.595. The molecule has 2 nitrogen and oxygen atoms in total. The molecule has 1 saturated heterocycles. The second kappa shape index (κ2) is 3.88. The van der Waals surface area contributed by atoms with Crippen LogP contribution >= 0.6 is 0 Å². The van der Waals surface area contributed by atoms with Crippen LogP contribution in [-0.2, 0) is 6.42 Å². The van der Waals surface area contributed by atoms with Gasteiger partial charge in [-0.05, 0) is 44.0 Å². The van der Waals surface area contributed by atoms with E-state index in [1.165, 1.54) is 30.6 Å². The van der Waals surface area contributed by atoms with Crippen molar-refractivity contribution >= 4 is 0 Å². The quantitative estimate of drug-likeness (QED) is 0.741. The first-order valence-electron chi connectivity index (χ1n) is 4.99. The molecule has 1 atom stereocenters. The maximum absolute atomic E-state index is 4.36. The van der Waals surface area contributed by atoms with Gasteiger partial charge in [0.2, 0.25) is 0 Å². The summed E-state index contributed by atoms with van der Waals surface area (Å²) < 4.78 is 0. The summed E-state index contributed by atoms with van der Waals surface area (Å²) in [6.07, 6.45) is 5.60. The van der Waals surface area contributed by atoms with Gasteiger partial charge in [-0.3, -0.25) is 4.98 Å². The molecular weight excluding hydrogens is 160 g/mol. The molecule has 13 heavy (non-hydrogen) atoms. The first-order chi connectivity index (χ1) is 6.34. The molecule has 0 bridgehead atoms. The molecule has 1 N–H and O–H groups in total. The third-order valence-corrected chi connectivity index (χ3v) is 2.59. The van der Waals surface area contributed by atoms with Crippen molar-refractivity contribution in [2.75, 3.05) is 6.54 Å². The molecule has 70 valence electrons. The predicted octanol–water partition coefficient (Wildman–Crippen LogP) is 1.68. The van der Waals surface area contributed by atoms with Gasteiger partial charge in [-0.25, -0.2) is 0 Å². The number of aromatic nitrogens is 1. The topological polar surface area (TPSA) is 24.9 Å². The van der Waals surface area contributed by atoms with E-state index in [1.54, 1.807) is 0 Å². The van der Waals surface area contributed by atoms with E-state index in [0.29, 0.717) is 6.04 Å². The van der Waals surface area contributed by atoms with E-state index in [2.05, 4.69) is 23.3 Å². The molecule has 2 heterocycles. The average molecular weight is 176 g/mol. The van der Waals surface area contributed by atoms with Gasteiger partial charge in [0.1, 0.15) is 0 Å². The Morgan fingerprint density at radius 3 is 3.23 bits per heavy atom. The second-order valence-electron chi connectivity index (χ2n) is 3.82. The van der Waals surface area contributed by atoms with Crippen LogP contribution in [0.4, 0.5) is 0 Å². The fourth-order valence-electron chi connectivity index (χ4n) is 1.89. The zero-order valence-corrected chi connectivity index (χ0v) is 8.09. The standard InChI is InChI=1S/C11H16N2/c1-9-4-6-13-11(7-9)8-10-3-2-5-12-10/h4,6-7,10,12H,2-3,5,8H2,1H3/t10-/m0/s1. The Balaban J connectivity index is 2.00. The number of rotatable bonds is 2. The minimum absolute atomic E-state index is 0.661. The first-order valence-corrected chi connectivity index (χ1v) is 4.99. The van der Waals surface area contributed by atoms with Crippen molar-refractivity contribution in [1.29, 1.82) is 0 Å². The van der Waals surface area contributed by atoms with Crippen molar-refractivity contribution in [2.45, 2.75) is 32.2 Å². The molecule has 0 saturated carbocycles. The predicted molar refractivity (Wildman–Crippen MR) is 53.7 cm³/mol. The number of pyridine rings is 1. The van der Waals surface area contributed by atoms with Gasteiger partial charge in [-0.2, -0.15) is 0 Å². The Kier molecular flexibility index (Phi) is 2.60. The van der Waals surface area contributed by atoms with E-state index in [4.69, 9.17) is 0 Å². The van der Waals surface area contributed by atoms with E-state index < -0.39 is 0 Å². The van der Waals surface area contributed by atoms with Gasteiger partial charge in [-0.1, -0.05) is 0 Å². The van der Waals surface area contributed by atoms with E-state index >= 15 is 0 Å². The van der Waals surface area contributed by atoms with Crippen LogP contribution in [0, 0.1) is 6.92 Å². The van der Waals surface area contributed by atoms with Gasteiger partial charge in [0.25, 0.3) is 0 Å². The summed E-state index contributed by atoms with van der Waals surface area (Å²) in [6, 6.07) is 4.89. The highest BCUT2D eigenvalue weighted by Gasteiger charge is 2.14. The zero-order valence-electron chi connectivity index (χ0n) is 8.09. The number of hydrogen-bond acceptors (Lipinski definition) is 2. The Bertz CT molecular complexity index is 277. The van der Waals surface area contributed by atoms with Crippen molar-refractivity contribution in [3.05, 3.63) is 29.6 Å². The Morgan fingerprint density at radius 2 is 2.54 bits per heavy atom. The van der Waals surface area contributed by atoms with Crippen LogP contribution in [-0.4, -0.2) is 17.6 Å². The fraction of sp³-hybridized carbons (Fsp3) is 0.545. The summed E-state index contributed by atoms with van der Waals surface area (Å²) in [7, 11) is 0. The summed E-state index contributed by atoms with van der Waals surface area (Å²) in [4.78, 5) is 4.36. The lowest BCUT2D eigenvalue weighted by Gasteiger charge is -2.09. The van der Waals surface area contributed by atoms with E-state index in [1.807, 2.05) is 12.3 Å². The molecule has 1 fully saturated rings. The third-order valence-electron chi connectivity index (χ3n) is 2.59. The number of hydrogen-bond donors (Lipinski definition) is 1. The minimum Gasteiger partial charge on any atom is -0.314 e. The lowest BCUT2D eigenvalue weighted by Crippen LogP contribution is -2.24. The van der Waals surface area contributed by atoms with Crippen LogP contribution in [0.3, 0.4) is 0 Å². The fourth-order valence-corrected chi connectivity index (χ4v) is 1.89. The summed E-state index contributed by atoms with van der Waals surface area (Å²) in [5.74, 6) is 0. The van der Waals surface area contributed by atoms with Gasteiger partial charge >= 0.3 is 0 Å². The Morgan fingerprint density at radius 1 is 1.62 bits per heavy atom. The van der Waals surface area contributed by atoms with E-state index in [-0.39, 0.29) is 0 Å².